The zero-order chi connectivity index (χ0) is 15.7. The van der Waals surface area contributed by atoms with E-state index < -0.39 is 0 Å². The molecule has 2 aromatic heterocycles. The zero-order valence-corrected chi connectivity index (χ0v) is 14.2. The van der Waals surface area contributed by atoms with E-state index in [0.717, 1.165) is 36.5 Å². The summed E-state index contributed by atoms with van der Waals surface area (Å²) in [4.78, 5) is 18.9. The highest BCUT2D eigenvalue weighted by atomic mass is 32.1. The van der Waals surface area contributed by atoms with E-state index in [2.05, 4.69) is 17.0 Å². The van der Waals surface area contributed by atoms with Crippen molar-refractivity contribution in [3.05, 3.63) is 33.5 Å². The first-order chi connectivity index (χ1) is 10.6. The van der Waals surface area contributed by atoms with Gasteiger partial charge in [0.05, 0.1) is 16.7 Å². The molecule has 118 valence electrons. The number of aromatic nitrogens is 3. The number of hydrogen-bond donors (Lipinski definition) is 0. The van der Waals surface area contributed by atoms with Crippen LogP contribution in [0.3, 0.4) is 0 Å². The maximum absolute atomic E-state index is 12.6. The van der Waals surface area contributed by atoms with Gasteiger partial charge in [0.25, 0.3) is 0 Å². The van der Waals surface area contributed by atoms with Crippen molar-refractivity contribution in [2.45, 2.75) is 45.6 Å². The number of carbonyl (C=O) groups is 1. The fourth-order valence-corrected chi connectivity index (χ4v) is 3.99. The number of nitrogens with zero attached hydrogens (tertiary/aromatic N) is 4. The fourth-order valence-electron chi connectivity index (χ4n) is 3.37. The summed E-state index contributed by atoms with van der Waals surface area (Å²) in [5.41, 5.74) is 3.45. The molecule has 6 heteroatoms. The lowest BCUT2D eigenvalue weighted by atomic mass is 10.0. The highest BCUT2D eigenvalue weighted by molar-refractivity contribution is 7.09. The quantitative estimate of drug-likeness (QED) is 0.871. The molecule has 1 aliphatic rings. The smallest absolute Gasteiger partial charge is 0.223 e. The van der Waals surface area contributed by atoms with E-state index in [4.69, 9.17) is 0 Å². The fraction of sp³-hybridized carbons (Fsp3) is 0.562. The van der Waals surface area contributed by atoms with Crippen LogP contribution < -0.4 is 0 Å². The molecular weight excluding hydrogens is 296 g/mol. The molecule has 0 bridgehead atoms. The van der Waals surface area contributed by atoms with Crippen LogP contribution in [0.2, 0.25) is 0 Å². The largest absolute Gasteiger partial charge is 0.336 e. The first-order valence-electron chi connectivity index (χ1n) is 7.76. The third kappa shape index (κ3) is 2.79. The van der Waals surface area contributed by atoms with Crippen LogP contribution in [0.4, 0.5) is 0 Å². The third-order valence-electron chi connectivity index (χ3n) is 4.51. The molecule has 0 N–H and O–H groups in total. The number of rotatable bonds is 4. The zero-order valence-electron chi connectivity index (χ0n) is 13.4. The number of aryl methyl sites for hydroxylation is 3. The summed E-state index contributed by atoms with van der Waals surface area (Å²) in [5, 5.41) is 7.50. The van der Waals surface area contributed by atoms with Crippen molar-refractivity contribution in [3.8, 4) is 0 Å². The summed E-state index contributed by atoms with van der Waals surface area (Å²) in [6.45, 7) is 4.99. The van der Waals surface area contributed by atoms with Gasteiger partial charge in [-0.2, -0.15) is 5.10 Å². The molecule has 1 amide bonds. The monoisotopic (exact) mass is 318 g/mol. The molecule has 2 aromatic rings. The van der Waals surface area contributed by atoms with Gasteiger partial charge in [0, 0.05) is 49.3 Å². The van der Waals surface area contributed by atoms with Crippen molar-refractivity contribution in [2.24, 2.45) is 7.05 Å². The summed E-state index contributed by atoms with van der Waals surface area (Å²) in [5.74, 6) is 0.236. The summed E-state index contributed by atoms with van der Waals surface area (Å²) >= 11 is 1.62. The van der Waals surface area contributed by atoms with Gasteiger partial charge in [-0.05, 0) is 26.7 Å². The Labute approximate surface area is 135 Å². The van der Waals surface area contributed by atoms with Crippen molar-refractivity contribution in [1.29, 1.82) is 0 Å². The molecule has 1 atom stereocenters. The topological polar surface area (TPSA) is 51.0 Å². The van der Waals surface area contributed by atoms with Crippen LogP contribution in [0.15, 0.2) is 11.6 Å². The molecule has 3 rings (SSSR count). The average Bonchev–Trinajstić information content (AvgIpc) is 3.19. The standard InChI is InChI=1S/C16H22N4OS/c1-11-16(12(2)19(3)18-11)13-5-4-9-20(13)15(21)7-6-14-17-8-10-22-14/h8,10,13H,4-7,9H2,1-3H3. The van der Waals surface area contributed by atoms with Gasteiger partial charge in [0.15, 0.2) is 0 Å². The van der Waals surface area contributed by atoms with E-state index in [-0.39, 0.29) is 11.9 Å². The van der Waals surface area contributed by atoms with Gasteiger partial charge in [0.1, 0.15) is 0 Å². The van der Waals surface area contributed by atoms with Crippen LogP contribution in [-0.2, 0) is 18.3 Å². The minimum absolute atomic E-state index is 0.192. The van der Waals surface area contributed by atoms with Crippen molar-refractivity contribution in [1.82, 2.24) is 19.7 Å². The number of amides is 1. The predicted octanol–water partition coefficient (Wildman–Crippen LogP) is 2.79. The van der Waals surface area contributed by atoms with Crippen molar-refractivity contribution >= 4 is 17.2 Å². The second kappa shape index (κ2) is 6.20. The van der Waals surface area contributed by atoms with Crippen molar-refractivity contribution in [2.75, 3.05) is 6.54 Å². The molecule has 0 spiro atoms. The Hall–Kier alpha value is -1.69. The van der Waals surface area contributed by atoms with E-state index >= 15 is 0 Å². The number of thiazole rings is 1. The van der Waals surface area contributed by atoms with E-state index in [0.29, 0.717) is 6.42 Å². The average molecular weight is 318 g/mol. The van der Waals surface area contributed by atoms with E-state index in [1.54, 1.807) is 17.5 Å². The number of likely N-dealkylation sites (tertiary alicyclic amines) is 1. The molecule has 0 aromatic carbocycles. The van der Waals surface area contributed by atoms with Gasteiger partial charge in [-0.1, -0.05) is 0 Å². The maximum atomic E-state index is 12.6. The molecule has 5 nitrogen and oxygen atoms in total. The molecule has 3 heterocycles. The van der Waals surface area contributed by atoms with Gasteiger partial charge >= 0.3 is 0 Å². The van der Waals surface area contributed by atoms with Crippen molar-refractivity contribution in [3.63, 3.8) is 0 Å². The summed E-state index contributed by atoms with van der Waals surface area (Å²) < 4.78 is 1.92. The van der Waals surface area contributed by atoms with Crippen LogP contribution in [0.25, 0.3) is 0 Å². The Balaban J connectivity index is 1.73. The Bertz CT molecular complexity index is 662. The second-order valence-corrected chi connectivity index (χ2v) is 6.86. The number of carbonyl (C=O) groups excluding carboxylic acids is 1. The Morgan fingerprint density at radius 3 is 2.91 bits per heavy atom. The van der Waals surface area contributed by atoms with Gasteiger partial charge in [-0.25, -0.2) is 4.98 Å². The molecular formula is C16H22N4OS. The Morgan fingerprint density at radius 2 is 2.27 bits per heavy atom. The van der Waals surface area contributed by atoms with E-state index in [1.165, 1.54) is 11.3 Å². The van der Waals surface area contributed by atoms with Gasteiger partial charge in [-0.3, -0.25) is 9.48 Å². The summed E-state index contributed by atoms with van der Waals surface area (Å²) in [6, 6.07) is 0.192. The van der Waals surface area contributed by atoms with Gasteiger partial charge in [0.2, 0.25) is 5.91 Å². The van der Waals surface area contributed by atoms with Crippen LogP contribution in [0.1, 0.15) is 47.3 Å². The molecule has 22 heavy (non-hydrogen) atoms. The van der Waals surface area contributed by atoms with Crippen LogP contribution in [0.5, 0.6) is 0 Å². The minimum Gasteiger partial charge on any atom is -0.336 e. The molecule has 1 aliphatic heterocycles. The van der Waals surface area contributed by atoms with Gasteiger partial charge < -0.3 is 4.90 Å². The predicted molar refractivity (Wildman–Crippen MR) is 86.8 cm³/mol. The molecule has 1 unspecified atom stereocenters. The Morgan fingerprint density at radius 1 is 1.45 bits per heavy atom. The maximum Gasteiger partial charge on any atom is 0.223 e. The highest BCUT2D eigenvalue weighted by Gasteiger charge is 2.33. The van der Waals surface area contributed by atoms with E-state index in [1.807, 2.05) is 28.9 Å². The van der Waals surface area contributed by atoms with Gasteiger partial charge in [-0.15, -0.1) is 11.3 Å². The SMILES string of the molecule is Cc1nn(C)c(C)c1C1CCCN1C(=O)CCc1nccs1. The van der Waals surface area contributed by atoms with Crippen LogP contribution in [-0.4, -0.2) is 32.1 Å². The second-order valence-electron chi connectivity index (χ2n) is 5.88. The number of hydrogen-bond acceptors (Lipinski definition) is 4. The molecule has 0 aliphatic carbocycles. The van der Waals surface area contributed by atoms with Crippen LogP contribution in [0, 0.1) is 13.8 Å². The first kappa shape index (κ1) is 15.2. The third-order valence-corrected chi connectivity index (χ3v) is 5.35. The summed E-state index contributed by atoms with van der Waals surface area (Å²) in [7, 11) is 1.97. The molecule has 1 fully saturated rings. The normalized spacial score (nSPS) is 18.1. The highest BCUT2D eigenvalue weighted by Crippen LogP contribution is 2.35. The lowest BCUT2D eigenvalue weighted by molar-refractivity contribution is -0.132. The minimum atomic E-state index is 0.192. The molecule has 0 radical (unpaired) electrons. The van der Waals surface area contributed by atoms with E-state index in [9.17, 15) is 4.79 Å². The van der Waals surface area contributed by atoms with Crippen molar-refractivity contribution < 1.29 is 4.79 Å². The molecule has 1 saturated heterocycles. The summed E-state index contributed by atoms with van der Waals surface area (Å²) in [6.07, 6.45) is 5.19. The van der Waals surface area contributed by atoms with Crippen LogP contribution >= 0.6 is 11.3 Å². The Kier molecular flexibility index (Phi) is 4.29. The molecule has 0 saturated carbocycles. The lowest BCUT2D eigenvalue weighted by Crippen LogP contribution is -2.31. The first-order valence-corrected chi connectivity index (χ1v) is 8.64. The lowest BCUT2D eigenvalue weighted by Gasteiger charge is -2.25.